The second kappa shape index (κ2) is 10.3. The monoisotopic (exact) mass is 535 g/mol. The maximum atomic E-state index is 14.0. The molecule has 2 heterocycles. The lowest BCUT2D eigenvalue weighted by Crippen LogP contribution is -2.57. The Labute approximate surface area is 217 Å². The molecule has 37 heavy (non-hydrogen) atoms. The molecular formula is C27H35F2N3O4S. The third kappa shape index (κ3) is 5.97. The van der Waals surface area contributed by atoms with E-state index in [2.05, 4.69) is 5.32 Å². The molecule has 1 saturated heterocycles. The van der Waals surface area contributed by atoms with Crippen LogP contribution in [0.15, 0.2) is 42.5 Å². The molecule has 2 aliphatic heterocycles. The van der Waals surface area contributed by atoms with Gasteiger partial charge in [-0.3, -0.25) is 14.4 Å². The van der Waals surface area contributed by atoms with Gasteiger partial charge in [-0.2, -0.15) is 0 Å². The fraction of sp³-hybridized carbons (Fsp3) is 0.519. The number of likely N-dealkylation sites (tertiary alicyclic amines) is 1. The van der Waals surface area contributed by atoms with E-state index in [0.717, 1.165) is 5.56 Å². The van der Waals surface area contributed by atoms with Crippen LogP contribution < -0.4 is 9.62 Å². The second-order valence-corrected chi connectivity index (χ2v) is 13.0. The van der Waals surface area contributed by atoms with Gasteiger partial charge in [-0.1, -0.05) is 24.3 Å². The second-order valence-electron chi connectivity index (χ2n) is 11.1. The van der Waals surface area contributed by atoms with Gasteiger partial charge in [0.05, 0.1) is 25.2 Å². The summed E-state index contributed by atoms with van der Waals surface area (Å²) in [5.41, 5.74) is 0.810. The summed E-state index contributed by atoms with van der Waals surface area (Å²) in [7, 11) is -3.42. The topological polar surface area (TPSA) is 79.0 Å². The van der Waals surface area contributed by atoms with E-state index in [9.17, 15) is 22.0 Å². The van der Waals surface area contributed by atoms with Crippen LogP contribution in [-0.4, -0.2) is 63.3 Å². The number of nitrogens with zero attached hydrogens (tertiary/aromatic N) is 2. The highest BCUT2D eigenvalue weighted by Gasteiger charge is 2.47. The smallest absolute Gasteiger partial charge is 0.242 e. The summed E-state index contributed by atoms with van der Waals surface area (Å²) in [4.78, 5) is 15.3. The maximum absolute atomic E-state index is 14.0. The van der Waals surface area contributed by atoms with Gasteiger partial charge in [-0.25, -0.2) is 17.2 Å². The highest BCUT2D eigenvalue weighted by atomic mass is 32.2. The van der Waals surface area contributed by atoms with Crippen molar-refractivity contribution in [1.29, 1.82) is 0 Å². The largest absolute Gasteiger partial charge is 0.374 e. The van der Waals surface area contributed by atoms with Crippen molar-refractivity contribution in [2.24, 2.45) is 0 Å². The van der Waals surface area contributed by atoms with E-state index in [1.54, 1.807) is 4.90 Å². The van der Waals surface area contributed by atoms with Gasteiger partial charge < -0.3 is 9.64 Å². The van der Waals surface area contributed by atoms with E-state index >= 15 is 0 Å². The Kier molecular flexibility index (Phi) is 7.65. The standard InChI is InChI=1S/C27H35F2N3O4S/c1-26(2,3)30-23(17-36-16-19-21(28)9-7-10-22(19)29)25(33)31-14-12-27(13-15-31)18-32(37(4,34)35)24-11-6-5-8-20(24)27/h5-11,23,30H,12-18H2,1-4H3/t23-/m1/s1. The molecular weight excluding hydrogens is 500 g/mol. The van der Waals surface area contributed by atoms with Crippen molar-refractivity contribution in [3.63, 3.8) is 0 Å². The van der Waals surface area contributed by atoms with Crippen molar-refractivity contribution < 1.29 is 26.7 Å². The summed E-state index contributed by atoms with van der Waals surface area (Å²) in [5.74, 6) is -1.52. The molecule has 2 aliphatic rings. The molecule has 202 valence electrons. The number of carbonyl (C=O) groups excluding carboxylic acids is 1. The molecule has 1 atom stereocenters. The summed E-state index contributed by atoms with van der Waals surface area (Å²) in [6.45, 7) is 6.78. The molecule has 0 unspecified atom stereocenters. The number of amides is 1. The van der Waals surface area contributed by atoms with E-state index in [0.29, 0.717) is 38.2 Å². The molecule has 1 amide bonds. The van der Waals surface area contributed by atoms with E-state index in [4.69, 9.17) is 4.74 Å². The quantitative estimate of drug-likeness (QED) is 0.587. The minimum atomic E-state index is -3.42. The van der Waals surface area contributed by atoms with Gasteiger partial charge in [-0.05, 0) is 57.4 Å². The Balaban J connectivity index is 1.45. The molecule has 0 radical (unpaired) electrons. The Hall–Kier alpha value is -2.56. The van der Waals surface area contributed by atoms with Crippen LogP contribution in [0.2, 0.25) is 0 Å². The van der Waals surface area contributed by atoms with Crippen LogP contribution in [0.4, 0.5) is 14.5 Å². The highest BCUT2D eigenvalue weighted by molar-refractivity contribution is 7.92. The first-order chi connectivity index (χ1) is 17.3. The zero-order valence-corrected chi connectivity index (χ0v) is 22.6. The van der Waals surface area contributed by atoms with E-state index in [1.165, 1.54) is 28.8 Å². The Bertz CT molecular complexity index is 1230. The van der Waals surface area contributed by atoms with Gasteiger partial charge in [0.2, 0.25) is 15.9 Å². The number of carbonyl (C=O) groups is 1. The van der Waals surface area contributed by atoms with E-state index in [-0.39, 0.29) is 30.1 Å². The predicted molar refractivity (Wildman–Crippen MR) is 139 cm³/mol. The van der Waals surface area contributed by atoms with Gasteiger partial charge in [-0.15, -0.1) is 0 Å². The molecule has 1 spiro atoms. The van der Waals surface area contributed by atoms with Gasteiger partial charge in [0.1, 0.15) is 17.7 Å². The molecule has 7 nitrogen and oxygen atoms in total. The minimum absolute atomic E-state index is 0.0454. The molecule has 2 aromatic rings. The van der Waals surface area contributed by atoms with Crippen molar-refractivity contribution in [3.8, 4) is 0 Å². The SMILES string of the molecule is CC(C)(C)N[C@H](COCc1c(F)cccc1F)C(=O)N1CCC2(CC1)CN(S(C)(=O)=O)c1ccccc12. The number of halogens is 2. The van der Waals surface area contributed by atoms with Crippen molar-refractivity contribution in [1.82, 2.24) is 10.2 Å². The van der Waals surface area contributed by atoms with Crippen LogP contribution in [0.1, 0.15) is 44.7 Å². The number of benzene rings is 2. The number of piperidine rings is 1. The fourth-order valence-electron chi connectivity index (χ4n) is 5.33. The first kappa shape index (κ1) is 27.5. The van der Waals surface area contributed by atoms with Gasteiger partial charge in [0.15, 0.2) is 0 Å². The summed E-state index contributed by atoms with van der Waals surface area (Å²) in [5, 5.41) is 3.28. The van der Waals surface area contributed by atoms with Crippen molar-refractivity contribution in [2.45, 2.75) is 57.2 Å². The third-order valence-electron chi connectivity index (χ3n) is 7.12. The highest BCUT2D eigenvalue weighted by Crippen LogP contribution is 2.47. The normalized spacial score (nSPS) is 18.2. The average molecular weight is 536 g/mol. The van der Waals surface area contributed by atoms with Crippen molar-refractivity contribution in [3.05, 3.63) is 65.2 Å². The number of fused-ring (bicyclic) bond motifs is 2. The van der Waals surface area contributed by atoms with Gasteiger partial charge in [0, 0.05) is 36.2 Å². The number of sulfonamides is 1. The number of anilines is 1. The van der Waals surface area contributed by atoms with E-state index < -0.39 is 33.2 Å². The number of hydrogen-bond acceptors (Lipinski definition) is 5. The van der Waals surface area contributed by atoms with Crippen molar-refractivity contribution >= 4 is 21.6 Å². The third-order valence-corrected chi connectivity index (χ3v) is 8.25. The number of nitrogens with one attached hydrogen (secondary N) is 1. The summed E-state index contributed by atoms with van der Waals surface area (Å²) < 4.78 is 60.0. The minimum Gasteiger partial charge on any atom is -0.374 e. The van der Waals surface area contributed by atoms with Crippen LogP contribution in [0, 0.1) is 11.6 Å². The molecule has 2 aromatic carbocycles. The summed E-state index contributed by atoms with van der Waals surface area (Å²) in [6, 6.07) is 10.5. The van der Waals surface area contributed by atoms with Crippen LogP contribution >= 0.6 is 0 Å². The number of para-hydroxylation sites is 1. The summed E-state index contributed by atoms with van der Waals surface area (Å²) in [6.07, 6.45) is 2.48. The molecule has 10 heteroatoms. The van der Waals surface area contributed by atoms with Crippen LogP contribution in [0.25, 0.3) is 0 Å². The van der Waals surface area contributed by atoms with Crippen LogP contribution in [0.5, 0.6) is 0 Å². The van der Waals surface area contributed by atoms with Gasteiger partial charge >= 0.3 is 0 Å². The summed E-state index contributed by atoms with van der Waals surface area (Å²) >= 11 is 0. The van der Waals surface area contributed by atoms with Crippen LogP contribution in [-0.2, 0) is 31.6 Å². The Morgan fingerprint density at radius 2 is 1.70 bits per heavy atom. The lowest BCUT2D eigenvalue weighted by atomic mass is 9.74. The molecule has 0 saturated carbocycles. The molecule has 0 aromatic heterocycles. The Morgan fingerprint density at radius 3 is 2.30 bits per heavy atom. The maximum Gasteiger partial charge on any atom is 0.242 e. The first-order valence-electron chi connectivity index (χ1n) is 12.5. The number of ether oxygens (including phenoxy) is 1. The molecule has 0 aliphatic carbocycles. The fourth-order valence-corrected chi connectivity index (χ4v) is 6.33. The zero-order chi connectivity index (χ0) is 27.0. The van der Waals surface area contributed by atoms with Crippen molar-refractivity contribution in [2.75, 3.05) is 36.8 Å². The van der Waals surface area contributed by atoms with E-state index in [1.807, 2.05) is 45.0 Å². The lowest BCUT2D eigenvalue weighted by Gasteiger charge is -2.41. The predicted octanol–water partition coefficient (Wildman–Crippen LogP) is 3.58. The number of hydrogen-bond donors (Lipinski definition) is 1. The molecule has 0 bridgehead atoms. The zero-order valence-electron chi connectivity index (χ0n) is 21.8. The number of rotatable bonds is 7. The average Bonchev–Trinajstić information content (AvgIpc) is 3.14. The van der Waals surface area contributed by atoms with Crippen LogP contribution in [0.3, 0.4) is 0 Å². The van der Waals surface area contributed by atoms with Gasteiger partial charge in [0.25, 0.3) is 0 Å². The molecule has 1 fully saturated rings. The molecule has 4 rings (SSSR count). The first-order valence-corrected chi connectivity index (χ1v) is 14.3. The Morgan fingerprint density at radius 1 is 1.08 bits per heavy atom. The lowest BCUT2D eigenvalue weighted by molar-refractivity contribution is -0.137. The molecule has 1 N–H and O–H groups in total.